The smallest absolute Gasteiger partial charge is 0.319 e. The average molecular weight is 241 g/mol. The minimum Gasteiger partial charge on any atom is -0.394 e. The SMILES string of the molecule is O=C(Nc1ccc(Cl)cc1)NC1(CO)CC1. The van der Waals surface area contributed by atoms with Crippen LogP contribution < -0.4 is 10.6 Å². The van der Waals surface area contributed by atoms with E-state index < -0.39 is 5.54 Å². The summed E-state index contributed by atoms with van der Waals surface area (Å²) in [6, 6.07) is 6.56. The number of carbonyl (C=O) groups excluding carboxylic acids is 1. The van der Waals surface area contributed by atoms with Crippen LogP contribution in [0.2, 0.25) is 5.02 Å². The van der Waals surface area contributed by atoms with Gasteiger partial charge in [0.1, 0.15) is 0 Å². The molecule has 0 radical (unpaired) electrons. The lowest BCUT2D eigenvalue weighted by atomic mass is 10.3. The summed E-state index contributed by atoms with van der Waals surface area (Å²) in [6.07, 6.45) is 1.66. The molecule has 0 bridgehead atoms. The first-order valence-corrected chi connectivity index (χ1v) is 5.47. The summed E-state index contributed by atoms with van der Waals surface area (Å²) in [6.45, 7) is -0.0129. The van der Waals surface area contributed by atoms with Crippen molar-refractivity contribution in [3.05, 3.63) is 29.3 Å². The normalized spacial score (nSPS) is 16.6. The molecular weight excluding hydrogens is 228 g/mol. The van der Waals surface area contributed by atoms with Crippen LogP contribution in [0.3, 0.4) is 0 Å². The Balaban J connectivity index is 1.90. The number of hydrogen-bond acceptors (Lipinski definition) is 2. The molecule has 4 nitrogen and oxygen atoms in total. The first kappa shape index (κ1) is 11.2. The molecule has 0 heterocycles. The van der Waals surface area contributed by atoms with E-state index in [4.69, 9.17) is 16.7 Å². The van der Waals surface area contributed by atoms with Crippen LogP contribution >= 0.6 is 11.6 Å². The van der Waals surface area contributed by atoms with Crippen molar-refractivity contribution < 1.29 is 9.90 Å². The van der Waals surface area contributed by atoms with E-state index in [0.29, 0.717) is 10.7 Å². The van der Waals surface area contributed by atoms with E-state index in [-0.39, 0.29) is 12.6 Å². The molecule has 2 amide bonds. The third kappa shape index (κ3) is 2.65. The van der Waals surface area contributed by atoms with Crippen LogP contribution in [-0.4, -0.2) is 23.3 Å². The zero-order valence-electron chi connectivity index (χ0n) is 8.66. The maximum absolute atomic E-state index is 11.5. The number of rotatable bonds is 3. The molecule has 16 heavy (non-hydrogen) atoms. The fourth-order valence-corrected chi connectivity index (χ4v) is 1.54. The van der Waals surface area contributed by atoms with Gasteiger partial charge in [-0.2, -0.15) is 0 Å². The van der Waals surface area contributed by atoms with Crippen molar-refractivity contribution in [2.45, 2.75) is 18.4 Å². The molecule has 0 saturated heterocycles. The lowest BCUT2D eigenvalue weighted by molar-refractivity contribution is 0.217. The van der Waals surface area contributed by atoms with E-state index in [2.05, 4.69) is 10.6 Å². The number of benzene rings is 1. The summed E-state index contributed by atoms with van der Waals surface area (Å²) in [4.78, 5) is 11.5. The Hall–Kier alpha value is -1.26. The molecule has 3 N–H and O–H groups in total. The lowest BCUT2D eigenvalue weighted by Crippen LogP contribution is -2.42. The largest absolute Gasteiger partial charge is 0.394 e. The van der Waals surface area contributed by atoms with Crippen LogP contribution in [-0.2, 0) is 0 Å². The predicted molar refractivity (Wildman–Crippen MR) is 62.7 cm³/mol. The Kier molecular flexibility index (Phi) is 3.03. The molecule has 0 aliphatic heterocycles. The highest BCUT2D eigenvalue weighted by Gasteiger charge is 2.43. The Labute approximate surface area is 98.6 Å². The third-order valence-corrected chi connectivity index (χ3v) is 2.89. The Morgan fingerprint density at radius 2 is 2.00 bits per heavy atom. The number of hydrogen-bond donors (Lipinski definition) is 3. The van der Waals surface area contributed by atoms with Crippen LogP contribution in [0.4, 0.5) is 10.5 Å². The second-order valence-electron chi connectivity index (χ2n) is 4.02. The van der Waals surface area contributed by atoms with Gasteiger partial charge >= 0.3 is 6.03 Å². The average Bonchev–Trinajstić information content (AvgIpc) is 3.02. The monoisotopic (exact) mass is 240 g/mol. The minimum absolute atomic E-state index is 0.0129. The highest BCUT2D eigenvalue weighted by atomic mass is 35.5. The summed E-state index contributed by atoms with van der Waals surface area (Å²) in [5.74, 6) is 0. The topological polar surface area (TPSA) is 61.4 Å². The summed E-state index contributed by atoms with van der Waals surface area (Å²) in [7, 11) is 0. The maximum atomic E-state index is 11.5. The molecule has 0 unspecified atom stereocenters. The molecule has 1 saturated carbocycles. The van der Waals surface area contributed by atoms with E-state index in [9.17, 15) is 4.79 Å². The number of aliphatic hydroxyl groups is 1. The van der Waals surface area contributed by atoms with Gasteiger partial charge in [0.25, 0.3) is 0 Å². The summed E-state index contributed by atoms with van der Waals surface area (Å²) < 4.78 is 0. The molecule has 0 spiro atoms. The molecule has 1 aliphatic rings. The number of carbonyl (C=O) groups is 1. The number of nitrogens with one attached hydrogen (secondary N) is 2. The minimum atomic E-state index is -0.392. The summed E-state index contributed by atoms with van der Waals surface area (Å²) in [5.41, 5.74) is 0.284. The quantitative estimate of drug-likeness (QED) is 0.757. The molecule has 1 fully saturated rings. The summed E-state index contributed by atoms with van der Waals surface area (Å²) >= 11 is 5.73. The van der Waals surface area contributed by atoms with Gasteiger partial charge in [-0.25, -0.2) is 4.79 Å². The number of aliphatic hydroxyl groups excluding tert-OH is 1. The van der Waals surface area contributed by atoms with E-state index in [1.54, 1.807) is 24.3 Å². The third-order valence-electron chi connectivity index (χ3n) is 2.64. The van der Waals surface area contributed by atoms with Gasteiger partial charge in [0.05, 0.1) is 12.1 Å². The number of urea groups is 1. The molecule has 1 aromatic rings. The highest BCUT2D eigenvalue weighted by molar-refractivity contribution is 6.30. The molecular formula is C11H13ClN2O2. The number of amides is 2. The Morgan fingerprint density at radius 1 is 1.38 bits per heavy atom. The van der Waals surface area contributed by atoms with Gasteiger partial charge in [0.2, 0.25) is 0 Å². The predicted octanol–water partition coefficient (Wildman–Crippen LogP) is 1.99. The van der Waals surface area contributed by atoms with E-state index in [0.717, 1.165) is 12.8 Å². The Bertz CT molecular complexity index is 387. The molecule has 86 valence electrons. The van der Waals surface area contributed by atoms with Gasteiger partial charge in [-0.05, 0) is 37.1 Å². The van der Waals surface area contributed by atoms with Crippen molar-refractivity contribution in [2.24, 2.45) is 0 Å². The molecule has 1 aromatic carbocycles. The summed E-state index contributed by atoms with van der Waals surface area (Å²) in [5, 5.41) is 15.1. The van der Waals surface area contributed by atoms with Gasteiger partial charge in [0, 0.05) is 10.7 Å². The molecule has 5 heteroatoms. The van der Waals surface area contributed by atoms with Gasteiger partial charge in [-0.1, -0.05) is 11.6 Å². The molecule has 2 rings (SSSR count). The van der Waals surface area contributed by atoms with Crippen LogP contribution in [0.1, 0.15) is 12.8 Å². The number of halogens is 1. The van der Waals surface area contributed by atoms with E-state index in [1.165, 1.54) is 0 Å². The van der Waals surface area contributed by atoms with Crippen LogP contribution in [0.15, 0.2) is 24.3 Å². The highest BCUT2D eigenvalue weighted by Crippen LogP contribution is 2.34. The van der Waals surface area contributed by atoms with Crippen LogP contribution in [0.25, 0.3) is 0 Å². The first-order valence-electron chi connectivity index (χ1n) is 5.09. The standard InChI is InChI=1S/C11H13ClN2O2/c12-8-1-3-9(4-2-8)13-10(16)14-11(7-15)5-6-11/h1-4,15H,5-7H2,(H2,13,14,16). The molecule has 1 aliphatic carbocycles. The lowest BCUT2D eigenvalue weighted by Gasteiger charge is -2.14. The van der Waals surface area contributed by atoms with Crippen molar-refractivity contribution in [1.29, 1.82) is 0 Å². The van der Waals surface area contributed by atoms with Gasteiger partial charge in [-0.3, -0.25) is 0 Å². The first-order chi connectivity index (χ1) is 7.63. The van der Waals surface area contributed by atoms with Gasteiger partial charge in [-0.15, -0.1) is 0 Å². The maximum Gasteiger partial charge on any atom is 0.319 e. The van der Waals surface area contributed by atoms with Crippen molar-refractivity contribution in [2.75, 3.05) is 11.9 Å². The zero-order chi connectivity index (χ0) is 11.6. The van der Waals surface area contributed by atoms with E-state index in [1.807, 2.05) is 0 Å². The van der Waals surface area contributed by atoms with Crippen molar-refractivity contribution >= 4 is 23.3 Å². The van der Waals surface area contributed by atoms with E-state index >= 15 is 0 Å². The van der Waals surface area contributed by atoms with Crippen molar-refractivity contribution in [3.63, 3.8) is 0 Å². The fraction of sp³-hybridized carbons (Fsp3) is 0.364. The fourth-order valence-electron chi connectivity index (χ4n) is 1.41. The van der Waals surface area contributed by atoms with Crippen molar-refractivity contribution in [1.82, 2.24) is 5.32 Å². The molecule has 0 aromatic heterocycles. The Morgan fingerprint density at radius 3 is 2.50 bits per heavy atom. The zero-order valence-corrected chi connectivity index (χ0v) is 9.42. The van der Waals surface area contributed by atoms with Crippen LogP contribution in [0, 0.1) is 0 Å². The second-order valence-corrected chi connectivity index (χ2v) is 4.46. The molecule has 0 atom stereocenters. The van der Waals surface area contributed by atoms with Crippen molar-refractivity contribution in [3.8, 4) is 0 Å². The number of anilines is 1. The van der Waals surface area contributed by atoms with Crippen LogP contribution in [0.5, 0.6) is 0 Å². The van der Waals surface area contributed by atoms with Gasteiger partial charge in [0.15, 0.2) is 0 Å². The van der Waals surface area contributed by atoms with Gasteiger partial charge < -0.3 is 15.7 Å². The second kappa shape index (κ2) is 4.31.